The van der Waals surface area contributed by atoms with E-state index in [1.807, 2.05) is 6.07 Å². The number of rotatable bonds is 9. The van der Waals surface area contributed by atoms with Gasteiger partial charge in [-0.2, -0.15) is 0 Å². The van der Waals surface area contributed by atoms with Crippen LogP contribution in [-0.2, 0) is 11.3 Å². The predicted molar refractivity (Wildman–Crippen MR) is 81.0 cm³/mol. The van der Waals surface area contributed by atoms with Crippen LogP contribution in [0.15, 0.2) is 43.0 Å². The number of hydrogen-bond donors (Lipinski definition) is 0. The molecule has 1 aliphatic carbocycles. The van der Waals surface area contributed by atoms with E-state index in [-0.39, 0.29) is 0 Å². The smallest absolute Gasteiger partial charge is 0.0717 e. The van der Waals surface area contributed by atoms with E-state index in [0.29, 0.717) is 5.41 Å². The SMILES string of the molecule is C=CC[C@]1(CCCC)CC1COCc1ccccc1. The molecule has 0 bridgehead atoms. The van der Waals surface area contributed by atoms with Crippen molar-refractivity contribution in [1.82, 2.24) is 0 Å². The molecule has 0 saturated heterocycles. The van der Waals surface area contributed by atoms with Crippen molar-refractivity contribution in [3.63, 3.8) is 0 Å². The summed E-state index contributed by atoms with van der Waals surface area (Å²) < 4.78 is 5.89. The normalized spacial score (nSPS) is 25.2. The standard InChI is InChI=1S/C18H26O/c1-3-5-12-18(11-4-2)13-17(18)15-19-14-16-9-7-6-8-10-16/h4,6-10,17H,2-3,5,11-15H2,1H3/t17?,18-/m0/s1. The maximum absolute atomic E-state index is 5.89. The first-order valence-corrected chi connectivity index (χ1v) is 7.53. The van der Waals surface area contributed by atoms with Gasteiger partial charge in [-0.25, -0.2) is 0 Å². The van der Waals surface area contributed by atoms with Gasteiger partial charge in [0.15, 0.2) is 0 Å². The average Bonchev–Trinajstić information content (AvgIpc) is 3.11. The van der Waals surface area contributed by atoms with E-state index in [1.165, 1.54) is 31.2 Å². The van der Waals surface area contributed by atoms with Crippen LogP contribution < -0.4 is 0 Å². The lowest BCUT2D eigenvalue weighted by Crippen LogP contribution is -2.08. The fourth-order valence-electron chi connectivity index (χ4n) is 3.04. The van der Waals surface area contributed by atoms with Gasteiger partial charge in [-0.05, 0) is 36.2 Å². The number of unbranched alkanes of at least 4 members (excludes halogenated alkanes) is 1. The molecular weight excluding hydrogens is 232 g/mol. The zero-order chi connectivity index (χ0) is 13.6. The highest BCUT2D eigenvalue weighted by Gasteiger charge is 2.51. The third-order valence-corrected chi connectivity index (χ3v) is 4.37. The molecule has 0 heterocycles. The molecule has 0 aromatic heterocycles. The number of allylic oxidation sites excluding steroid dienone is 1. The Morgan fingerprint density at radius 2 is 2.16 bits per heavy atom. The van der Waals surface area contributed by atoms with Crippen molar-refractivity contribution < 1.29 is 4.74 Å². The van der Waals surface area contributed by atoms with Crippen molar-refractivity contribution >= 4 is 0 Å². The monoisotopic (exact) mass is 258 g/mol. The summed E-state index contributed by atoms with van der Waals surface area (Å²) in [7, 11) is 0. The van der Waals surface area contributed by atoms with Crippen LogP contribution in [0.4, 0.5) is 0 Å². The zero-order valence-electron chi connectivity index (χ0n) is 12.1. The molecule has 104 valence electrons. The lowest BCUT2D eigenvalue weighted by molar-refractivity contribution is 0.0998. The summed E-state index contributed by atoms with van der Waals surface area (Å²) in [4.78, 5) is 0. The van der Waals surface area contributed by atoms with Gasteiger partial charge in [0.05, 0.1) is 13.2 Å². The second kappa shape index (κ2) is 6.91. The van der Waals surface area contributed by atoms with Crippen LogP contribution in [0, 0.1) is 11.3 Å². The van der Waals surface area contributed by atoms with E-state index in [0.717, 1.165) is 25.6 Å². The minimum atomic E-state index is 0.522. The highest BCUT2D eigenvalue weighted by Crippen LogP contribution is 2.58. The number of ether oxygens (including phenoxy) is 1. The predicted octanol–water partition coefficient (Wildman–Crippen LogP) is 4.98. The summed E-state index contributed by atoms with van der Waals surface area (Å²) in [6.45, 7) is 7.84. The fraction of sp³-hybridized carbons (Fsp3) is 0.556. The molecule has 0 spiro atoms. The lowest BCUT2D eigenvalue weighted by atomic mass is 9.92. The Balaban J connectivity index is 1.73. The van der Waals surface area contributed by atoms with E-state index < -0.39 is 0 Å². The topological polar surface area (TPSA) is 9.23 Å². The second-order valence-electron chi connectivity index (χ2n) is 5.86. The Morgan fingerprint density at radius 1 is 1.37 bits per heavy atom. The lowest BCUT2D eigenvalue weighted by Gasteiger charge is -2.15. The molecule has 1 nitrogen and oxygen atoms in total. The van der Waals surface area contributed by atoms with Crippen molar-refractivity contribution in [2.75, 3.05) is 6.61 Å². The summed E-state index contributed by atoms with van der Waals surface area (Å²) in [5.41, 5.74) is 1.79. The number of hydrogen-bond acceptors (Lipinski definition) is 1. The van der Waals surface area contributed by atoms with Crippen molar-refractivity contribution in [3.8, 4) is 0 Å². The Hall–Kier alpha value is -1.08. The molecule has 0 N–H and O–H groups in total. The molecule has 1 unspecified atom stereocenters. The third-order valence-electron chi connectivity index (χ3n) is 4.37. The van der Waals surface area contributed by atoms with Gasteiger partial charge < -0.3 is 4.74 Å². The first kappa shape index (κ1) is 14.3. The molecule has 1 fully saturated rings. The van der Waals surface area contributed by atoms with Gasteiger partial charge >= 0.3 is 0 Å². The summed E-state index contributed by atoms with van der Waals surface area (Å²) in [6, 6.07) is 10.4. The molecule has 1 heteroatoms. The summed E-state index contributed by atoms with van der Waals surface area (Å²) in [5.74, 6) is 0.751. The largest absolute Gasteiger partial charge is 0.376 e. The fourth-order valence-corrected chi connectivity index (χ4v) is 3.04. The van der Waals surface area contributed by atoms with Crippen LogP contribution in [-0.4, -0.2) is 6.61 Å². The maximum atomic E-state index is 5.89. The van der Waals surface area contributed by atoms with E-state index >= 15 is 0 Å². The van der Waals surface area contributed by atoms with Gasteiger partial charge in [-0.1, -0.05) is 56.2 Å². The van der Waals surface area contributed by atoms with E-state index in [9.17, 15) is 0 Å². The van der Waals surface area contributed by atoms with Crippen LogP contribution in [0.3, 0.4) is 0 Å². The van der Waals surface area contributed by atoms with Gasteiger partial charge in [0.2, 0.25) is 0 Å². The molecule has 0 aliphatic heterocycles. The molecule has 1 aliphatic rings. The van der Waals surface area contributed by atoms with Crippen LogP contribution in [0.5, 0.6) is 0 Å². The summed E-state index contributed by atoms with van der Waals surface area (Å²) >= 11 is 0. The van der Waals surface area contributed by atoms with Gasteiger partial charge in [-0.15, -0.1) is 6.58 Å². The summed E-state index contributed by atoms with van der Waals surface area (Å²) in [5, 5.41) is 0. The minimum Gasteiger partial charge on any atom is -0.376 e. The Bertz CT molecular complexity index is 384. The van der Waals surface area contributed by atoms with Gasteiger partial charge in [0.1, 0.15) is 0 Å². The van der Waals surface area contributed by atoms with Crippen LogP contribution >= 0.6 is 0 Å². The highest BCUT2D eigenvalue weighted by molar-refractivity contribution is 5.13. The molecular formula is C18H26O. The second-order valence-corrected chi connectivity index (χ2v) is 5.86. The third kappa shape index (κ3) is 3.94. The van der Waals surface area contributed by atoms with Crippen molar-refractivity contribution in [2.24, 2.45) is 11.3 Å². The average molecular weight is 258 g/mol. The quantitative estimate of drug-likeness (QED) is 0.568. The molecule has 1 aromatic rings. The Labute approximate surface area is 117 Å². The first-order valence-electron chi connectivity index (χ1n) is 7.53. The van der Waals surface area contributed by atoms with Crippen LogP contribution in [0.2, 0.25) is 0 Å². The summed E-state index contributed by atoms with van der Waals surface area (Å²) in [6.07, 6.45) is 8.54. The molecule has 19 heavy (non-hydrogen) atoms. The van der Waals surface area contributed by atoms with E-state index in [2.05, 4.69) is 43.8 Å². The van der Waals surface area contributed by atoms with Crippen LogP contribution in [0.25, 0.3) is 0 Å². The molecule has 0 radical (unpaired) electrons. The van der Waals surface area contributed by atoms with Crippen molar-refractivity contribution in [3.05, 3.63) is 48.6 Å². The first-order chi connectivity index (χ1) is 9.30. The molecule has 0 amide bonds. The molecule has 2 atom stereocenters. The minimum absolute atomic E-state index is 0.522. The van der Waals surface area contributed by atoms with Crippen molar-refractivity contribution in [1.29, 1.82) is 0 Å². The zero-order valence-corrected chi connectivity index (χ0v) is 12.1. The molecule has 1 saturated carbocycles. The Kier molecular flexibility index (Phi) is 5.21. The Morgan fingerprint density at radius 3 is 2.84 bits per heavy atom. The van der Waals surface area contributed by atoms with Crippen molar-refractivity contribution in [2.45, 2.75) is 45.6 Å². The number of benzene rings is 1. The van der Waals surface area contributed by atoms with E-state index in [4.69, 9.17) is 4.74 Å². The highest BCUT2D eigenvalue weighted by atomic mass is 16.5. The van der Waals surface area contributed by atoms with Gasteiger partial charge in [0, 0.05) is 0 Å². The van der Waals surface area contributed by atoms with Gasteiger partial charge in [-0.3, -0.25) is 0 Å². The maximum Gasteiger partial charge on any atom is 0.0717 e. The van der Waals surface area contributed by atoms with Crippen LogP contribution in [0.1, 0.15) is 44.6 Å². The molecule has 2 rings (SSSR count). The van der Waals surface area contributed by atoms with Gasteiger partial charge in [0.25, 0.3) is 0 Å². The molecule has 1 aromatic carbocycles. The van der Waals surface area contributed by atoms with E-state index in [1.54, 1.807) is 0 Å².